The molecule has 4 amide bonds. The third-order valence-corrected chi connectivity index (χ3v) is 5.57. The summed E-state index contributed by atoms with van der Waals surface area (Å²) in [6.07, 6.45) is 0. The highest BCUT2D eigenvalue weighted by Crippen LogP contribution is 2.27. The van der Waals surface area contributed by atoms with Crippen molar-refractivity contribution in [3.8, 4) is 0 Å². The van der Waals surface area contributed by atoms with Crippen LogP contribution >= 0.6 is 0 Å². The van der Waals surface area contributed by atoms with E-state index in [1.807, 2.05) is 13.1 Å². The second-order valence-corrected chi connectivity index (χ2v) is 9.35. The zero-order valence-electron chi connectivity index (χ0n) is 18.8. The molecule has 1 heterocycles. The van der Waals surface area contributed by atoms with Gasteiger partial charge < -0.3 is 10.2 Å². The lowest BCUT2D eigenvalue weighted by molar-refractivity contribution is -0.885. The quantitative estimate of drug-likeness (QED) is 0.616. The molecule has 2 aromatic carbocycles. The van der Waals surface area contributed by atoms with E-state index in [2.05, 4.69) is 55.8 Å². The van der Waals surface area contributed by atoms with Gasteiger partial charge in [-0.15, -0.1) is 0 Å². The van der Waals surface area contributed by atoms with Crippen LogP contribution < -0.4 is 15.6 Å². The van der Waals surface area contributed by atoms with Gasteiger partial charge in [-0.3, -0.25) is 15.0 Å². The highest BCUT2D eigenvalue weighted by Gasteiger charge is 2.50. The van der Waals surface area contributed by atoms with Crippen molar-refractivity contribution in [2.24, 2.45) is 0 Å². The third-order valence-electron chi connectivity index (χ3n) is 5.57. The van der Waals surface area contributed by atoms with Crippen LogP contribution in [0.5, 0.6) is 0 Å². The molecule has 0 aliphatic carbocycles. The van der Waals surface area contributed by atoms with Gasteiger partial charge >= 0.3 is 6.03 Å². The summed E-state index contributed by atoms with van der Waals surface area (Å²) < 4.78 is 0. The van der Waals surface area contributed by atoms with E-state index in [4.69, 9.17) is 0 Å². The first-order valence-electron chi connectivity index (χ1n) is 10.4. The standard InChI is InChI=1S/C24H30N4O3/c1-23(2,3)18-13-11-17(12-14-18)15-27(5)16-20(29)26-28-21(30)24(4,25-22(28)31)19-9-7-6-8-10-19/h6-14H,15-16H2,1-5H3,(H,25,31)(H,26,29)/p+1/t24-/m0/s1. The number of nitrogens with zero attached hydrogens (tertiary/aromatic N) is 1. The number of hydrogen-bond acceptors (Lipinski definition) is 3. The first kappa shape index (κ1) is 22.5. The normalized spacial score (nSPS) is 19.8. The van der Waals surface area contributed by atoms with E-state index in [9.17, 15) is 14.4 Å². The molecule has 0 saturated carbocycles. The van der Waals surface area contributed by atoms with Gasteiger partial charge in [-0.05, 0) is 23.5 Å². The van der Waals surface area contributed by atoms with Crippen molar-refractivity contribution in [1.82, 2.24) is 15.8 Å². The lowest BCUT2D eigenvalue weighted by atomic mass is 9.87. The number of carbonyl (C=O) groups excluding carboxylic acids is 3. The lowest BCUT2D eigenvalue weighted by Crippen LogP contribution is -3.09. The average Bonchev–Trinajstić information content (AvgIpc) is 2.92. The number of hydrazine groups is 1. The number of carbonyl (C=O) groups is 3. The third kappa shape index (κ3) is 4.94. The van der Waals surface area contributed by atoms with Gasteiger partial charge in [-0.2, -0.15) is 5.01 Å². The Morgan fingerprint density at radius 1 is 1.06 bits per heavy atom. The van der Waals surface area contributed by atoms with Gasteiger partial charge in [0.2, 0.25) is 0 Å². The van der Waals surface area contributed by atoms with Crippen LogP contribution in [0.2, 0.25) is 0 Å². The molecule has 2 aromatic rings. The van der Waals surface area contributed by atoms with Gasteiger partial charge in [0.25, 0.3) is 11.8 Å². The molecule has 31 heavy (non-hydrogen) atoms. The number of amides is 4. The smallest absolute Gasteiger partial charge is 0.326 e. The highest BCUT2D eigenvalue weighted by atomic mass is 16.2. The monoisotopic (exact) mass is 423 g/mol. The molecule has 0 bridgehead atoms. The Kier molecular flexibility index (Phi) is 6.18. The maximum absolute atomic E-state index is 12.9. The first-order chi connectivity index (χ1) is 14.5. The predicted octanol–water partition coefficient (Wildman–Crippen LogP) is 1.50. The second-order valence-electron chi connectivity index (χ2n) is 9.35. The minimum atomic E-state index is -1.21. The van der Waals surface area contributed by atoms with Gasteiger partial charge in [0.15, 0.2) is 6.54 Å². The van der Waals surface area contributed by atoms with Crippen molar-refractivity contribution in [2.45, 2.75) is 45.2 Å². The number of hydrogen-bond donors (Lipinski definition) is 3. The van der Waals surface area contributed by atoms with Gasteiger partial charge in [0.1, 0.15) is 12.1 Å². The first-order valence-corrected chi connectivity index (χ1v) is 10.4. The van der Waals surface area contributed by atoms with Crippen LogP contribution in [0.1, 0.15) is 44.4 Å². The average molecular weight is 424 g/mol. The number of benzene rings is 2. The zero-order valence-corrected chi connectivity index (χ0v) is 18.8. The molecule has 3 N–H and O–H groups in total. The maximum Gasteiger partial charge on any atom is 0.344 e. The van der Waals surface area contributed by atoms with Crippen LogP contribution in [0, 0.1) is 0 Å². The summed E-state index contributed by atoms with van der Waals surface area (Å²) in [7, 11) is 1.90. The van der Waals surface area contributed by atoms with Crippen LogP contribution in [-0.2, 0) is 27.1 Å². The molecule has 0 spiro atoms. The molecule has 1 aliphatic rings. The minimum Gasteiger partial charge on any atom is -0.326 e. The summed E-state index contributed by atoms with van der Waals surface area (Å²) in [4.78, 5) is 38.7. The Bertz CT molecular complexity index is 967. The van der Waals surface area contributed by atoms with Gasteiger partial charge in [-0.1, -0.05) is 75.4 Å². The summed E-state index contributed by atoms with van der Waals surface area (Å²) in [5.41, 5.74) is 4.37. The number of quaternary nitrogens is 1. The van der Waals surface area contributed by atoms with Crippen LogP contribution in [0.25, 0.3) is 0 Å². The van der Waals surface area contributed by atoms with Crippen LogP contribution in [-0.4, -0.2) is 36.4 Å². The maximum atomic E-state index is 12.9. The van der Waals surface area contributed by atoms with Crippen molar-refractivity contribution in [2.75, 3.05) is 13.6 Å². The molecule has 2 atom stereocenters. The Labute approximate surface area is 183 Å². The van der Waals surface area contributed by atoms with Crippen molar-refractivity contribution in [3.05, 3.63) is 71.3 Å². The Morgan fingerprint density at radius 3 is 2.26 bits per heavy atom. The van der Waals surface area contributed by atoms with E-state index in [0.717, 1.165) is 15.5 Å². The molecule has 7 heteroatoms. The molecule has 1 fully saturated rings. The van der Waals surface area contributed by atoms with E-state index in [1.54, 1.807) is 31.2 Å². The van der Waals surface area contributed by atoms with Crippen LogP contribution in [0.15, 0.2) is 54.6 Å². The fourth-order valence-corrected chi connectivity index (χ4v) is 3.68. The number of urea groups is 1. The largest absolute Gasteiger partial charge is 0.344 e. The number of likely N-dealkylation sites (N-methyl/N-ethyl adjacent to an activating group) is 1. The summed E-state index contributed by atoms with van der Waals surface area (Å²) in [5.74, 6) is -0.905. The summed E-state index contributed by atoms with van der Waals surface area (Å²) in [5, 5.41) is 3.46. The van der Waals surface area contributed by atoms with Gasteiger partial charge in [-0.25, -0.2) is 4.79 Å². The van der Waals surface area contributed by atoms with Crippen LogP contribution in [0.4, 0.5) is 4.79 Å². The summed E-state index contributed by atoms with van der Waals surface area (Å²) in [6.45, 7) is 8.92. The van der Waals surface area contributed by atoms with Crippen molar-refractivity contribution >= 4 is 17.8 Å². The van der Waals surface area contributed by atoms with E-state index >= 15 is 0 Å². The van der Waals surface area contributed by atoms with Gasteiger partial charge in [0, 0.05) is 5.56 Å². The Hall–Kier alpha value is -3.19. The highest BCUT2D eigenvalue weighted by molar-refractivity contribution is 6.08. The summed E-state index contributed by atoms with van der Waals surface area (Å²) in [6, 6.07) is 16.7. The van der Waals surface area contributed by atoms with Crippen molar-refractivity contribution in [1.29, 1.82) is 0 Å². The fourth-order valence-electron chi connectivity index (χ4n) is 3.68. The topological polar surface area (TPSA) is 82.9 Å². The van der Waals surface area contributed by atoms with E-state index in [1.165, 1.54) is 5.56 Å². The van der Waals surface area contributed by atoms with Crippen molar-refractivity contribution in [3.63, 3.8) is 0 Å². The minimum absolute atomic E-state index is 0.0915. The molecule has 1 aliphatic heterocycles. The Balaban J connectivity index is 1.59. The molecule has 0 radical (unpaired) electrons. The van der Waals surface area contributed by atoms with Crippen molar-refractivity contribution < 1.29 is 19.3 Å². The lowest BCUT2D eigenvalue weighted by Gasteiger charge is -2.22. The molecular weight excluding hydrogens is 392 g/mol. The van der Waals surface area contributed by atoms with E-state index in [-0.39, 0.29) is 12.0 Å². The SMILES string of the molecule is C[NH+](CC(=O)NN1C(=O)N[C@@](C)(c2ccccc2)C1=O)Cc1ccc(C(C)(C)C)cc1. The molecule has 164 valence electrons. The Morgan fingerprint density at radius 2 is 1.68 bits per heavy atom. The molecule has 1 saturated heterocycles. The molecule has 0 aromatic heterocycles. The second kappa shape index (κ2) is 8.51. The van der Waals surface area contributed by atoms with Gasteiger partial charge in [0.05, 0.1) is 7.05 Å². The van der Waals surface area contributed by atoms with Crippen LogP contribution in [0.3, 0.4) is 0 Å². The number of nitrogens with one attached hydrogen (secondary N) is 3. The number of imide groups is 1. The molecular formula is C24H31N4O3+. The molecule has 7 nitrogen and oxygen atoms in total. The number of rotatable bonds is 6. The van der Waals surface area contributed by atoms with E-state index in [0.29, 0.717) is 12.1 Å². The molecule has 3 rings (SSSR count). The molecule has 1 unspecified atom stereocenters. The zero-order chi connectivity index (χ0) is 22.8. The fraction of sp³-hybridized carbons (Fsp3) is 0.375. The van der Waals surface area contributed by atoms with E-state index < -0.39 is 23.4 Å². The predicted molar refractivity (Wildman–Crippen MR) is 118 cm³/mol. The summed E-state index contributed by atoms with van der Waals surface area (Å²) >= 11 is 0.